The maximum absolute atomic E-state index is 11.8. The van der Waals surface area contributed by atoms with Crippen LogP contribution < -0.4 is 0 Å². The van der Waals surface area contributed by atoms with Crippen LogP contribution in [0.3, 0.4) is 0 Å². The smallest absolute Gasteiger partial charge is 0.309 e. The molecule has 0 saturated carbocycles. The molecule has 0 aliphatic carbocycles. The number of ether oxygens (including phenoxy) is 1. The zero-order valence-corrected chi connectivity index (χ0v) is 19.0. The summed E-state index contributed by atoms with van der Waals surface area (Å²) in [5.74, 6) is -0.315. The number of hydrogen-bond acceptors (Lipinski definition) is 3. The summed E-state index contributed by atoms with van der Waals surface area (Å²) in [6.45, 7) is 4.39. The van der Waals surface area contributed by atoms with Crippen LogP contribution in [0.1, 0.15) is 65.2 Å². The van der Waals surface area contributed by atoms with Gasteiger partial charge in [0.2, 0.25) is 0 Å². The Hall–Kier alpha value is -2.00. The van der Waals surface area contributed by atoms with Crippen LogP contribution in [0, 0.1) is 5.92 Å². The fourth-order valence-corrected chi connectivity index (χ4v) is 2.68. The number of allylic oxidation sites excluding steroid dienone is 12. The van der Waals surface area contributed by atoms with E-state index >= 15 is 0 Å². The number of esters is 1. The minimum atomic E-state index is -0.159. The van der Waals surface area contributed by atoms with Crippen LogP contribution in [0.15, 0.2) is 72.9 Å². The van der Waals surface area contributed by atoms with Gasteiger partial charge in [-0.05, 0) is 63.7 Å². The first-order valence-corrected chi connectivity index (χ1v) is 11.2. The Kier molecular flexibility index (Phi) is 20.8. The van der Waals surface area contributed by atoms with Gasteiger partial charge in [0.05, 0.1) is 12.5 Å². The predicted octanol–water partition coefficient (Wildman–Crippen LogP) is 7.64. The van der Waals surface area contributed by atoms with E-state index in [9.17, 15) is 4.79 Å². The fraction of sp³-hybridized carbons (Fsp3) is 0.462. The molecule has 3 heteroatoms. The van der Waals surface area contributed by atoms with Gasteiger partial charge in [0, 0.05) is 0 Å². The minimum absolute atomic E-state index is 0.156. The molecule has 0 amide bonds. The van der Waals surface area contributed by atoms with Gasteiger partial charge in [0.25, 0.3) is 0 Å². The van der Waals surface area contributed by atoms with E-state index in [0.29, 0.717) is 19.4 Å². The number of carbonyl (C=O) groups excluding carboxylic acids is 1. The van der Waals surface area contributed by atoms with Crippen LogP contribution in [-0.2, 0) is 9.53 Å². The van der Waals surface area contributed by atoms with Gasteiger partial charge in [-0.2, -0.15) is 0 Å². The van der Waals surface area contributed by atoms with Crippen molar-refractivity contribution in [1.29, 1.82) is 0 Å². The lowest BCUT2D eigenvalue weighted by atomic mass is 10.0. The molecule has 0 bridgehead atoms. The highest BCUT2D eigenvalue weighted by atomic mass is 32.1. The standard InChI is InChI=1S/C26H38O2S/c1-3-5-6-7-8-9-10-11-12-13-14-15-16-17-18-19-20-21-22-25(23-24-29)26(27)28-4-2/h5-6,8-9,11-12,14-15,17-18,20-21,24-25H,3-4,7,10,13,16,19,22-23H2,1-2H3. The largest absolute Gasteiger partial charge is 0.466 e. The molecule has 1 atom stereocenters. The summed E-state index contributed by atoms with van der Waals surface area (Å²) < 4.78 is 5.07. The first kappa shape index (κ1) is 27.0. The minimum Gasteiger partial charge on any atom is -0.466 e. The Bertz CT molecular complexity index is 580. The third-order valence-corrected chi connectivity index (χ3v) is 4.21. The Labute approximate surface area is 183 Å². The van der Waals surface area contributed by atoms with Gasteiger partial charge in [0.1, 0.15) is 0 Å². The second-order valence-corrected chi connectivity index (χ2v) is 6.84. The highest BCUT2D eigenvalue weighted by Crippen LogP contribution is 2.11. The average Bonchev–Trinajstić information content (AvgIpc) is 2.72. The van der Waals surface area contributed by atoms with Crippen LogP contribution in [0.2, 0.25) is 0 Å². The fourth-order valence-electron chi connectivity index (χ4n) is 2.45. The maximum Gasteiger partial charge on any atom is 0.309 e. The van der Waals surface area contributed by atoms with Gasteiger partial charge in [-0.3, -0.25) is 4.79 Å². The van der Waals surface area contributed by atoms with Crippen LogP contribution in [0.4, 0.5) is 0 Å². The molecule has 0 saturated heterocycles. The van der Waals surface area contributed by atoms with Crippen LogP contribution >= 0.6 is 12.2 Å². The number of thiocarbonyl (C=S) groups is 1. The Morgan fingerprint density at radius 3 is 1.48 bits per heavy atom. The molecule has 0 aromatic rings. The van der Waals surface area contributed by atoms with Gasteiger partial charge < -0.3 is 4.74 Å². The lowest BCUT2D eigenvalue weighted by Gasteiger charge is -2.10. The van der Waals surface area contributed by atoms with Crippen LogP contribution in [0.25, 0.3) is 0 Å². The number of rotatable bonds is 17. The van der Waals surface area contributed by atoms with Gasteiger partial charge in [-0.1, -0.05) is 92.1 Å². The molecule has 1 unspecified atom stereocenters. The second kappa shape index (κ2) is 22.3. The van der Waals surface area contributed by atoms with Crippen LogP contribution in [-0.4, -0.2) is 17.9 Å². The van der Waals surface area contributed by atoms with Crippen molar-refractivity contribution in [2.24, 2.45) is 5.92 Å². The molecule has 2 nitrogen and oxygen atoms in total. The first-order valence-electron chi connectivity index (χ1n) is 10.8. The summed E-state index contributed by atoms with van der Waals surface area (Å²) in [5.41, 5.74) is 0. The van der Waals surface area contributed by atoms with Crippen molar-refractivity contribution in [2.75, 3.05) is 6.61 Å². The Morgan fingerprint density at radius 2 is 1.10 bits per heavy atom. The Morgan fingerprint density at radius 1 is 0.690 bits per heavy atom. The average molecular weight is 415 g/mol. The van der Waals surface area contributed by atoms with E-state index in [1.807, 2.05) is 13.0 Å². The lowest BCUT2D eigenvalue weighted by Crippen LogP contribution is -2.17. The molecule has 0 N–H and O–H groups in total. The first-order chi connectivity index (χ1) is 14.3. The third-order valence-electron chi connectivity index (χ3n) is 4.02. The molecule has 29 heavy (non-hydrogen) atoms. The molecule has 0 fully saturated rings. The summed E-state index contributed by atoms with van der Waals surface area (Å²) >= 11 is 4.87. The normalized spacial score (nSPS) is 13.7. The summed E-state index contributed by atoms with van der Waals surface area (Å²) in [4.78, 5) is 11.8. The van der Waals surface area contributed by atoms with E-state index in [4.69, 9.17) is 17.0 Å². The molecule has 0 spiro atoms. The molecular weight excluding hydrogens is 376 g/mol. The van der Waals surface area contributed by atoms with E-state index < -0.39 is 0 Å². The highest BCUT2D eigenvalue weighted by molar-refractivity contribution is 7.78. The summed E-state index contributed by atoms with van der Waals surface area (Å²) in [7, 11) is 0. The highest BCUT2D eigenvalue weighted by Gasteiger charge is 2.16. The van der Waals surface area contributed by atoms with E-state index in [-0.39, 0.29) is 11.9 Å². The van der Waals surface area contributed by atoms with Gasteiger partial charge >= 0.3 is 5.97 Å². The topological polar surface area (TPSA) is 26.3 Å². The van der Waals surface area contributed by atoms with Crippen molar-refractivity contribution in [3.05, 3.63) is 72.9 Å². The number of carbonyl (C=O) groups is 1. The molecular formula is C26H38O2S. The third kappa shape index (κ3) is 19.1. The SMILES string of the molecule is CCC=CCC=CCC=CCC=CCC=CCC=CCC(CC=S)C(=O)OCC. The van der Waals surface area contributed by atoms with Crippen LogP contribution in [0.5, 0.6) is 0 Å². The van der Waals surface area contributed by atoms with E-state index in [2.05, 4.69) is 73.8 Å². The molecule has 0 aromatic carbocycles. The molecule has 0 rings (SSSR count). The quantitative estimate of drug-likeness (QED) is 0.139. The summed E-state index contributed by atoms with van der Waals surface area (Å²) in [6, 6.07) is 0. The zero-order valence-electron chi connectivity index (χ0n) is 18.2. The number of hydrogen-bond donors (Lipinski definition) is 0. The van der Waals surface area contributed by atoms with Gasteiger partial charge in [-0.25, -0.2) is 0 Å². The van der Waals surface area contributed by atoms with Crippen molar-refractivity contribution in [3.63, 3.8) is 0 Å². The molecule has 160 valence electrons. The molecule has 0 aromatic heterocycles. The molecule has 0 aliphatic heterocycles. The van der Waals surface area contributed by atoms with E-state index in [1.54, 1.807) is 5.37 Å². The molecule has 0 aliphatic rings. The lowest BCUT2D eigenvalue weighted by molar-refractivity contribution is -0.147. The van der Waals surface area contributed by atoms with E-state index in [0.717, 1.165) is 38.5 Å². The second-order valence-electron chi connectivity index (χ2n) is 6.50. The predicted molar refractivity (Wildman–Crippen MR) is 131 cm³/mol. The van der Waals surface area contributed by atoms with Crippen molar-refractivity contribution in [3.8, 4) is 0 Å². The van der Waals surface area contributed by atoms with E-state index in [1.165, 1.54) is 0 Å². The summed E-state index contributed by atoms with van der Waals surface area (Å²) in [5, 5.41) is 1.61. The van der Waals surface area contributed by atoms with Crippen molar-refractivity contribution in [2.45, 2.75) is 65.2 Å². The van der Waals surface area contributed by atoms with Crippen molar-refractivity contribution >= 4 is 23.6 Å². The van der Waals surface area contributed by atoms with Gasteiger partial charge in [-0.15, -0.1) is 0 Å². The van der Waals surface area contributed by atoms with Crippen molar-refractivity contribution in [1.82, 2.24) is 0 Å². The molecule has 0 radical (unpaired) electrons. The monoisotopic (exact) mass is 414 g/mol. The molecule has 0 heterocycles. The zero-order chi connectivity index (χ0) is 21.4. The Balaban J connectivity index is 3.82. The van der Waals surface area contributed by atoms with Gasteiger partial charge in [0.15, 0.2) is 0 Å². The maximum atomic E-state index is 11.8. The van der Waals surface area contributed by atoms with Crippen molar-refractivity contribution < 1.29 is 9.53 Å². The summed E-state index contributed by atoms with van der Waals surface area (Å²) in [6.07, 6.45) is 33.2.